The molecule has 104 valence electrons. The Bertz CT molecular complexity index is 744. The topological polar surface area (TPSA) is 110 Å². The van der Waals surface area contributed by atoms with Crippen LogP contribution in [0.1, 0.15) is 0 Å². The van der Waals surface area contributed by atoms with Crippen molar-refractivity contribution in [3.8, 4) is 5.75 Å². The predicted molar refractivity (Wildman–Crippen MR) is 72.0 cm³/mol. The molecule has 0 saturated carbocycles. The van der Waals surface area contributed by atoms with Gasteiger partial charge in [0.15, 0.2) is 5.75 Å². The Morgan fingerprint density at radius 1 is 1.10 bits per heavy atom. The van der Waals surface area contributed by atoms with Crippen LogP contribution in [-0.2, 0) is 10.0 Å². The predicted octanol–water partition coefficient (Wildman–Crippen LogP) is 2.10. The third-order valence-electron chi connectivity index (χ3n) is 2.48. The number of nitro benzene ring substituents is 1. The lowest BCUT2D eigenvalue weighted by molar-refractivity contribution is -0.385. The first-order valence-electron chi connectivity index (χ1n) is 5.45. The number of nitrogens with zero attached hydrogens (tertiary/aromatic N) is 1. The zero-order valence-electron chi connectivity index (χ0n) is 10.1. The number of rotatable bonds is 4. The standard InChI is InChI=1S/C12H10N2O5S/c15-12-7-6-9(8-11(12)14(16)17)13-20(18,19)10-4-2-1-3-5-10/h1-8,13,15H. The smallest absolute Gasteiger partial charge is 0.312 e. The van der Waals surface area contributed by atoms with Crippen LogP contribution in [-0.4, -0.2) is 18.4 Å². The highest BCUT2D eigenvalue weighted by Crippen LogP contribution is 2.29. The molecular weight excluding hydrogens is 284 g/mol. The normalized spacial score (nSPS) is 11.0. The Morgan fingerprint density at radius 3 is 2.35 bits per heavy atom. The van der Waals surface area contributed by atoms with E-state index in [0.29, 0.717) is 0 Å². The van der Waals surface area contributed by atoms with Gasteiger partial charge in [0.2, 0.25) is 0 Å². The number of phenolic OH excluding ortho intramolecular Hbond substituents is 1. The SMILES string of the molecule is O=[N+]([O-])c1cc(NS(=O)(=O)c2ccccc2)ccc1O. The van der Waals surface area contributed by atoms with Crippen molar-refractivity contribution in [3.63, 3.8) is 0 Å². The van der Waals surface area contributed by atoms with E-state index in [0.717, 1.165) is 12.1 Å². The Kier molecular flexibility index (Phi) is 3.57. The molecule has 0 aromatic heterocycles. The number of sulfonamides is 1. The van der Waals surface area contributed by atoms with E-state index >= 15 is 0 Å². The maximum absolute atomic E-state index is 12.0. The van der Waals surface area contributed by atoms with E-state index in [2.05, 4.69) is 4.72 Å². The van der Waals surface area contributed by atoms with Gasteiger partial charge in [0.1, 0.15) is 0 Å². The van der Waals surface area contributed by atoms with E-state index in [4.69, 9.17) is 0 Å². The summed E-state index contributed by atoms with van der Waals surface area (Å²) < 4.78 is 26.3. The van der Waals surface area contributed by atoms with Gasteiger partial charge in [0.25, 0.3) is 10.0 Å². The number of nitrogens with one attached hydrogen (secondary N) is 1. The molecule has 0 atom stereocenters. The Hall–Kier alpha value is -2.61. The van der Waals surface area contributed by atoms with Gasteiger partial charge >= 0.3 is 5.69 Å². The summed E-state index contributed by atoms with van der Waals surface area (Å²) in [5.41, 5.74) is -0.573. The van der Waals surface area contributed by atoms with Crippen molar-refractivity contribution in [2.45, 2.75) is 4.90 Å². The van der Waals surface area contributed by atoms with E-state index in [1.54, 1.807) is 18.2 Å². The van der Waals surface area contributed by atoms with Crippen LogP contribution in [0.15, 0.2) is 53.4 Å². The third-order valence-corrected chi connectivity index (χ3v) is 3.88. The van der Waals surface area contributed by atoms with Gasteiger partial charge in [-0.2, -0.15) is 0 Å². The quantitative estimate of drug-likeness (QED) is 0.510. The Balaban J connectivity index is 2.36. The molecule has 20 heavy (non-hydrogen) atoms. The van der Waals surface area contributed by atoms with Gasteiger partial charge in [-0.05, 0) is 24.3 Å². The van der Waals surface area contributed by atoms with E-state index < -0.39 is 26.4 Å². The fraction of sp³-hybridized carbons (Fsp3) is 0. The summed E-state index contributed by atoms with van der Waals surface area (Å²) in [6.07, 6.45) is 0. The van der Waals surface area contributed by atoms with E-state index in [1.807, 2.05) is 0 Å². The summed E-state index contributed by atoms with van der Waals surface area (Å²) >= 11 is 0. The number of nitro groups is 1. The second kappa shape index (κ2) is 5.17. The molecule has 0 spiro atoms. The maximum atomic E-state index is 12.0. The fourth-order valence-corrected chi connectivity index (χ4v) is 2.62. The summed E-state index contributed by atoms with van der Waals surface area (Å²) in [5.74, 6) is -0.530. The maximum Gasteiger partial charge on any atom is 0.312 e. The minimum Gasteiger partial charge on any atom is -0.502 e. The van der Waals surface area contributed by atoms with E-state index in [9.17, 15) is 23.6 Å². The summed E-state index contributed by atoms with van der Waals surface area (Å²) in [6.45, 7) is 0. The third kappa shape index (κ3) is 2.86. The van der Waals surface area contributed by atoms with Crippen molar-refractivity contribution >= 4 is 21.4 Å². The lowest BCUT2D eigenvalue weighted by atomic mass is 10.2. The fourth-order valence-electron chi connectivity index (χ4n) is 1.55. The summed E-state index contributed by atoms with van der Waals surface area (Å²) in [4.78, 5) is 9.92. The van der Waals surface area contributed by atoms with Crippen LogP contribution in [0.3, 0.4) is 0 Å². The zero-order valence-corrected chi connectivity index (χ0v) is 10.9. The minimum atomic E-state index is -3.82. The van der Waals surface area contributed by atoms with Crippen LogP contribution in [0.5, 0.6) is 5.75 Å². The second-order valence-electron chi connectivity index (χ2n) is 3.88. The first-order chi connectivity index (χ1) is 9.40. The van der Waals surface area contributed by atoms with E-state index in [-0.39, 0.29) is 10.6 Å². The number of hydrogen-bond acceptors (Lipinski definition) is 5. The second-order valence-corrected chi connectivity index (χ2v) is 5.56. The molecule has 0 aliphatic rings. The molecule has 0 aliphatic heterocycles. The molecule has 2 aromatic carbocycles. The molecule has 0 heterocycles. The van der Waals surface area contributed by atoms with Gasteiger partial charge in [-0.1, -0.05) is 18.2 Å². The van der Waals surface area contributed by atoms with Gasteiger partial charge in [0, 0.05) is 6.07 Å². The first-order valence-corrected chi connectivity index (χ1v) is 6.94. The first kappa shape index (κ1) is 13.8. The van der Waals surface area contributed by atoms with Crippen molar-refractivity contribution in [2.24, 2.45) is 0 Å². The van der Waals surface area contributed by atoms with Crippen molar-refractivity contribution in [1.82, 2.24) is 0 Å². The molecule has 2 rings (SSSR count). The van der Waals surface area contributed by atoms with E-state index in [1.165, 1.54) is 18.2 Å². The molecule has 0 saturated heterocycles. The van der Waals surface area contributed by atoms with Gasteiger partial charge in [-0.3, -0.25) is 14.8 Å². The molecule has 0 unspecified atom stereocenters. The van der Waals surface area contributed by atoms with Gasteiger partial charge in [0.05, 0.1) is 15.5 Å². The molecule has 0 fully saturated rings. The average Bonchev–Trinajstić information content (AvgIpc) is 2.41. The van der Waals surface area contributed by atoms with Crippen molar-refractivity contribution in [2.75, 3.05) is 4.72 Å². The Labute approximate surface area is 114 Å². The molecule has 2 aromatic rings. The van der Waals surface area contributed by atoms with Gasteiger partial charge in [-0.15, -0.1) is 0 Å². The summed E-state index contributed by atoms with van der Waals surface area (Å²) in [5, 5.41) is 20.0. The molecule has 0 amide bonds. The van der Waals surface area contributed by atoms with Crippen LogP contribution in [0.25, 0.3) is 0 Å². The van der Waals surface area contributed by atoms with Crippen LogP contribution in [0, 0.1) is 10.1 Å². The molecule has 8 heteroatoms. The van der Waals surface area contributed by atoms with Crippen LogP contribution in [0.4, 0.5) is 11.4 Å². The van der Waals surface area contributed by atoms with Gasteiger partial charge in [-0.25, -0.2) is 8.42 Å². The van der Waals surface area contributed by atoms with Crippen LogP contribution >= 0.6 is 0 Å². The minimum absolute atomic E-state index is 0.00152. The number of hydrogen-bond donors (Lipinski definition) is 2. The molecule has 0 radical (unpaired) electrons. The largest absolute Gasteiger partial charge is 0.502 e. The summed E-state index contributed by atoms with van der Waals surface area (Å²) in [6, 6.07) is 10.8. The Morgan fingerprint density at radius 2 is 1.75 bits per heavy atom. The van der Waals surface area contributed by atoms with Gasteiger partial charge < -0.3 is 5.11 Å². The van der Waals surface area contributed by atoms with Crippen molar-refractivity contribution in [1.29, 1.82) is 0 Å². The highest BCUT2D eigenvalue weighted by Gasteiger charge is 2.18. The molecule has 0 aliphatic carbocycles. The zero-order chi connectivity index (χ0) is 14.8. The number of anilines is 1. The lowest BCUT2D eigenvalue weighted by Gasteiger charge is -2.08. The van der Waals surface area contributed by atoms with Crippen molar-refractivity contribution < 1.29 is 18.4 Å². The van der Waals surface area contributed by atoms with Crippen molar-refractivity contribution in [3.05, 3.63) is 58.6 Å². The highest BCUT2D eigenvalue weighted by molar-refractivity contribution is 7.92. The number of phenols is 1. The monoisotopic (exact) mass is 294 g/mol. The summed E-state index contributed by atoms with van der Waals surface area (Å²) in [7, 11) is -3.82. The lowest BCUT2D eigenvalue weighted by Crippen LogP contribution is -2.12. The molecule has 7 nitrogen and oxygen atoms in total. The molecule has 2 N–H and O–H groups in total. The van der Waals surface area contributed by atoms with Crippen LogP contribution in [0.2, 0.25) is 0 Å². The highest BCUT2D eigenvalue weighted by atomic mass is 32.2. The number of aromatic hydroxyl groups is 1. The number of benzene rings is 2. The molecular formula is C12H10N2O5S. The van der Waals surface area contributed by atoms with Crippen LogP contribution < -0.4 is 4.72 Å². The molecule has 0 bridgehead atoms. The average molecular weight is 294 g/mol.